The van der Waals surface area contributed by atoms with Crippen LogP contribution in [0.4, 0.5) is 5.82 Å². The average Bonchev–Trinajstić information content (AvgIpc) is 3.51. The van der Waals surface area contributed by atoms with E-state index in [0.717, 1.165) is 32.0 Å². The Morgan fingerprint density at radius 1 is 1.06 bits per heavy atom. The second kappa shape index (κ2) is 7.60. The number of carbonyl (C=O) groups is 2. The number of nitrogens with zero attached hydrogens (tertiary/aromatic N) is 2. The van der Waals surface area contributed by atoms with E-state index >= 15 is 0 Å². The number of methoxy groups -OCH3 is 1. The summed E-state index contributed by atoms with van der Waals surface area (Å²) in [7, 11) is 1.62. The molecule has 4 aromatic rings. The molecule has 0 saturated heterocycles. The second-order valence-electron chi connectivity index (χ2n) is 6.84. The number of fused-ring (bicyclic) bond motifs is 1. The van der Waals surface area contributed by atoms with Gasteiger partial charge in [0.2, 0.25) is 0 Å². The molecule has 0 bridgehead atoms. The van der Waals surface area contributed by atoms with Crippen LogP contribution in [0.3, 0.4) is 0 Å². The number of anilines is 1. The summed E-state index contributed by atoms with van der Waals surface area (Å²) in [5, 5.41) is 10.2. The van der Waals surface area contributed by atoms with E-state index < -0.39 is 11.8 Å². The highest BCUT2D eigenvalue weighted by molar-refractivity contribution is 7.17. The molecule has 31 heavy (non-hydrogen) atoms. The topological polar surface area (TPSA) is 93.2 Å². The number of hydrogen-bond acceptors (Lipinski definition) is 8. The molecular weight excluding hydrogens is 432 g/mol. The lowest BCUT2D eigenvalue weighted by molar-refractivity contribution is -0.124. The quantitative estimate of drug-likeness (QED) is 0.439. The summed E-state index contributed by atoms with van der Waals surface area (Å²) >= 11 is 3.03. The molecule has 7 nitrogen and oxygen atoms in total. The Kier molecular flexibility index (Phi) is 4.76. The van der Waals surface area contributed by atoms with Crippen molar-refractivity contribution in [3.8, 4) is 27.6 Å². The van der Waals surface area contributed by atoms with Crippen LogP contribution in [0.5, 0.6) is 5.75 Å². The van der Waals surface area contributed by atoms with E-state index in [-0.39, 0.29) is 5.70 Å². The van der Waals surface area contributed by atoms with Gasteiger partial charge in [-0.1, -0.05) is 18.2 Å². The second-order valence-corrected chi connectivity index (χ2v) is 8.65. The van der Waals surface area contributed by atoms with Crippen LogP contribution in [0.1, 0.15) is 6.92 Å². The van der Waals surface area contributed by atoms with Gasteiger partial charge in [-0.15, -0.1) is 22.7 Å². The zero-order valence-electron chi connectivity index (χ0n) is 16.6. The minimum Gasteiger partial charge on any atom is -0.497 e. The fraction of sp³-hybridized carbons (Fsp3) is 0.0909. The number of nitrogens with one attached hydrogen (secondary N) is 2. The standard InChI is InChI=1S/C22H16N4O3S2/c1-11-17(21(28)26-20(11)27)23-19-16-14(12-5-3-6-13(9-12)29-2)10-31-22(16)25-18(24-19)15-7-4-8-30-15/h3-10H,1-2H3,(H2,23,24,25,26,27,28). The van der Waals surface area contributed by atoms with E-state index in [4.69, 9.17) is 14.7 Å². The van der Waals surface area contributed by atoms with E-state index in [1.54, 1.807) is 14.0 Å². The molecule has 4 heterocycles. The number of imide groups is 1. The first kappa shape index (κ1) is 19.4. The molecule has 9 heteroatoms. The van der Waals surface area contributed by atoms with Crippen LogP contribution in [-0.4, -0.2) is 28.9 Å². The summed E-state index contributed by atoms with van der Waals surface area (Å²) in [6.45, 7) is 1.61. The van der Waals surface area contributed by atoms with E-state index in [9.17, 15) is 9.59 Å². The number of hydrogen-bond donors (Lipinski definition) is 2. The largest absolute Gasteiger partial charge is 0.497 e. The van der Waals surface area contributed by atoms with Crippen LogP contribution >= 0.6 is 22.7 Å². The molecule has 1 aromatic carbocycles. The Labute approximate surface area is 185 Å². The van der Waals surface area contributed by atoms with E-state index in [1.807, 2.05) is 47.2 Å². The third kappa shape index (κ3) is 3.37. The number of benzene rings is 1. The summed E-state index contributed by atoms with van der Waals surface area (Å²) in [6.07, 6.45) is 0. The number of rotatable bonds is 5. The molecule has 0 radical (unpaired) electrons. The lowest BCUT2D eigenvalue weighted by Gasteiger charge is -2.11. The van der Waals surface area contributed by atoms with E-state index in [2.05, 4.69) is 10.6 Å². The molecule has 0 unspecified atom stereocenters. The van der Waals surface area contributed by atoms with Crippen molar-refractivity contribution in [2.75, 3.05) is 12.4 Å². The van der Waals surface area contributed by atoms with Crippen LogP contribution in [0.25, 0.3) is 32.0 Å². The molecule has 154 valence electrons. The van der Waals surface area contributed by atoms with Crippen molar-refractivity contribution in [3.05, 3.63) is 58.4 Å². The van der Waals surface area contributed by atoms with Gasteiger partial charge in [-0.3, -0.25) is 14.9 Å². The maximum absolute atomic E-state index is 12.3. The fourth-order valence-electron chi connectivity index (χ4n) is 3.36. The van der Waals surface area contributed by atoms with Gasteiger partial charge < -0.3 is 10.1 Å². The first-order chi connectivity index (χ1) is 15.0. The minimum atomic E-state index is -0.468. The van der Waals surface area contributed by atoms with Gasteiger partial charge in [0.25, 0.3) is 11.8 Å². The third-order valence-corrected chi connectivity index (χ3v) is 6.71. The highest BCUT2D eigenvalue weighted by atomic mass is 32.1. The van der Waals surface area contributed by atoms with Gasteiger partial charge in [0.1, 0.15) is 22.1 Å². The lowest BCUT2D eigenvalue weighted by Crippen LogP contribution is -2.24. The van der Waals surface area contributed by atoms with Crippen LogP contribution in [-0.2, 0) is 9.59 Å². The van der Waals surface area contributed by atoms with Crippen molar-refractivity contribution in [1.29, 1.82) is 0 Å². The molecule has 2 N–H and O–H groups in total. The highest BCUT2D eigenvalue weighted by Gasteiger charge is 2.29. The fourth-order valence-corrected chi connectivity index (χ4v) is 4.97. The zero-order chi connectivity index (χ0) is 21.5. The smallest absolute Gasteiger partial charge is 0.275 e. The summed E-state index contributed by atoms with van der Waals surface area (Å²) < 4.78 is 5.37. The van der Waals surface area contributed by atoms with Gasteiger partial charge in [0.05, 0.1) is 17.4 Å². The average molecular weight is 449 g/mol. The number of amides is 2. The SMILES string of the molecule is COc1cccc(-c2csc3nc(-c4cccs4)nc(NC4=C(C)C(=O)NC4=O)c23)c1. The van der Waals surface area contributed by atoms with Crippen LogP contribution in [0.2, 0.25) is 0 Å². The van der Waals surface area contributed by atoms with Gasteiger partial charge in [0, 0.05) is 16.5 Å². The van der Waals surface area contributed by atoms with Gasteiger partial charge in [-0.05, 0) is 36.1 Å². The molecular formula is C22H16N4O3S2. The Morgan fingerprint density at radius 3 is 2.65 bits per heavy atom. The molecule has 0 fully saturated rings. The molecule has 2 amide bonds. The highest BCUT2D eigenvalue weighted by Crippen LogP contribution is 2.40. The predicted molar refractivity (Wildman–Crippen MR) is 122 cm³/mol. The molecule has 5 rings (SSSR count). The predicted octanol–water partition coefficient (Wildman–Crippen LogP) is 4.44. The van der Waals surface area contributed by atoms with Crippen molar-refractivity contribution in [1.82, 2.24) is 15.3 Å². The van der Waals surface area contributed by atoms with Crippen molar-refractivity contribution >= 4 is 50.5 Å². The van der Waals surface area contributed by atoms with Crippen molar-refractivity contribution in [2.24, 2.45) is 0 Å². The summed E-state index contributed by atoms with van der Waals surface area (Å²) in [6, 6.07) is 11.6. The van der Waals surface area contributed by atoms with Crippen LogP contribution < -0.4 is 15.4 Å². The lowest BCUT2D eigenvalue weighted by atomic mass is 10.1. The number of thiophene rings is 2. The summed E-state index contributed by atoms with van der Waals surface area (Å²) in [5.74, 6) is 0.903. The Morgan fingerprint density at radius 2 is 1.94 bits per heavy atom. The van der Waals surface area contributed by atoms with E-state index in [0.29, 0.717) is 17.2 Å². The maximum atomic E-state index is 12.3. The first-order valence-electron chi connectivity index (χ1n) is 9.36. The van der Waals surface area contributed by atoms with Gasteiger partial charge >= 0.3 is 0 Å². The van der Waals surface area contributed by atoms with Gasteiger partial charge in [-0.25, -0.2) is 9.97 Å². The number of aromatic nitrogens is 2. The molecule has 0 spiro atoms. The Bertz CT molecular complexity index is 1370. The van der Waals surface area contributed by atoms with Gasteiger partial charge in [0.15, 0.2) is 5.82 Å². The number of ether oxygens (including phenoxy) is 1. The van der Waals surface area contributed by atoms with E-state index in [1.165, 1.54) is 22.7 Å². The molecule has 1 aliphatic rings. The maximum Gasteiger partial charge on any atom is 0.275 e. The number of carbonyl (C=O) groups excluding carboxylic acids is 2. The molecule has 1 aliphatic heterocycles. The van der Waals surface area contributed by atoms with Crippen LogP contribution in [0.15, 0.2) is 58.4 Å². The minimum absolute atomic E-state index is 0.199. The summed E-state index contributed by atoms with van der Waals surface area (Å²) in [4.78, 5) is 35.4. The molecule has 0 saturated carbocycles. The van der Waals surface area contributed by atoms with Crippen molar-refractivity contribution < 1.29 is 14.3 Å². The molecule has 0 aliphatic carbocycles. The van der Waals surface area contributed by atoms with Crippen molar-refractivity contribution in [2.45, 2.75) is 6.92 Å². The Hall–Kier alpha value is -3.56. The van der Waals surface area contributed by atoms with Gasteiger partial charge in [-0.2, -0.15) is 0 Å². The van der Waals surface area contributed by atoms with Crippen molar-refractivity contribution in [3.63, 3.8) is 0 Å². The normalized spacial score (nSPS) is 13.7. The summed E-state index contributed by atoms with van der Waals surface area (Å²) in [5.41, 5.74) is 2.39. The molecule has 0 atom stereocenters. The third-order valence-electron chi connectivity index (χ3n) is 4.97. The Balaban J connectivity index is 1.73. The molecule has 3 aromatic heterocycles. The monoisotopic (exact) mass is 448 g/mol. The zero-order valence-corrected chi connectivity index (χ0v) is 18.2. The first-order valence-corrected chi connectivity index (χ1v) is 11.1. The van der Waals surface area contributed by atoms with Crippen LogP contribution in [0, 0.1) is 0 Å².